The first-order valence-electron chi connectivity index (χ1n) is 7.77. The normalized spacial score (nSPS) is 12.2. The van der Waals surface area contributed by atoms with Crippen LogP contribution < -0.4 is 16.0 Å². The van der Waals surface area contributed by atoms with Crippen molar-refractivity contribution in [3.63, 3.8) is 0 Å². The number of nitrogens with two attached hydrogens (primary N) is 1. The van der Waals surface area contributed by atoms with Crippen LogP contribution in [0.3, 0.4) is 0 Å². The second-order valence-corrected chi connectivity index (χ2v) is 6.43. The van der Waals surface area contributed by atoms with Gasteiger partial charge in [0, 0.05) is 19.6 Å². The van der Waals surface area contributed by atoms with Crippen LogP contribution in [0.2, 0.25) is 0 Å². The molecule has 0 aliphatic carbocycles. The van der Waals surface area contributed by atoms with Crippen molar-refractivity contribution in [3.05, 3.63) is 4.88 Å². The van der Waals surface area contributed by atoms with E-state index in [1.54, 1.807) is 0 Å². The van der Waals surface area contributed by atoms with E-state index in [2.05, 4.69) is 17.2 Å². The molecule has 0 aromatic carbocycles. The number of aromatic nitrogens is 1. The maximum atomic E-state index is 12.2. The van der Waals surface area contributed by atoms with E-state index < -0.39 is 0 Å². The number of nitrogens with one attached hydrogen (secondary N) is 1. The molecule has 1 aromatic rings. The van der Waals surface area contributed by atoms with Crippen LogP contribution in [-0.2, 0) is 0 Å². The van der Waals surface area contributed by atoms with E-state index in [-0.39, 0.29) is 11.9 Å². The van der Waals surface area contributed by atoms with Crippen molar-refractivity contribution in [2.24, 2.45) is 0 Å². The molecule has 0 saturated heterocycles. The van der Waals surface area contributed by atoms with Crippen LogP contribution >= 0.6 is 11.3 Å². The fraction of sp³-hybridized carbons (Fsp3) is 0.733. The molecule has 120 valence electrons. The number of thiazole rings is 1. The van der Waals surface area contributed by atoms with Gasteiger partial charge in [0.1, 0.15) is 10.7 Å². The van der Waals surface area contributed by atoms with Crippen LogP contribution in [0.1, 0.15) is 62.5 Å². The second kappa shape index (κ2) is 8.87. The molecule has 0 radical (unpaired) electrons. The van der Waals surface area contributed by atoms with Gasteiger partial charge in [-0.2, -0.15) is 0 Å². The molecule has 1 amide bonds. The van der Waals surface area contributed by atoms with Crippen LogP contribution in [0.25, 0.3) is 0 Å². The van der Waals surface area contributed by atoms with Gasteiger partial charge >= 0.3 is 0 Å². The summed E-state index contributed by atoms with van der Waals surface area (Å²) in [5.41, 5.74) is 5.86. The fourth-order valence-electron chi connectivity index (χ4n) is 2.02. The molecular weight excluding hydrogens is 284 g/mol. The molecule has 3 N–H and O–H groups in total. The van der Waals surface area contributed by atoms with Crippen molar-refractivity contribution < 1.29 is 4.79 Å². The van der Waals surface area contributed by atoms with Gasteiger partial charge in [-0.25, -0.2) is 4.98 Å². The highest BCUT2D eigenvalue weighted by atomic mass is 32.1. The van der Waals surface area contributed by atoms with E-state index in [1.807, 2.05) is 25.8 Å². The zero-order valence-corrected chi connectivity index (χ0v) is 14.4. The molecule has 0 aliphatic rings. The summed E-state index contributed by atoms with van der Waals surface area (Å²) in [5.74, 6) is 0.217. The van der Waals surface area contributed by atoms with E-state index in [0.717, 1.165) is 24.5 Å². The molecule has 1 heterocycles. The predicted octanol–water partition coefficient (Wildman–Crippen LogP) is 3.27. The minimum absolute atomic E-state index is 0.108. The van der Waals surface area contributed by atoms with Crippen molar-refractivity contribution in [1.29, 1.82) is 0 Å². The van der Waals surface area contributed by atoms with Gasteiger partial charge in [0.05, 0.1) is 0 Å². The maximum absolute atomic E-state index is 12.2. The number of unbranched alkanes of at least 4 members (excludes halogenated alkanes) is 3. The summed E-state index contributed by atoms with van der Waals surface area (Å²) in [6, 6.07) is 0.170. The van der Waals surface area contributed by atoms with Crippen LogP contribution in [-0.4, -0.2) is 30.5 Å². The summed E-state index contributed by atoms with van der Waals surface area (Å²) in [6.07, 6.45) is 5.87. The molecule has 21 heavy (non-hydrogen) atoms. The zero-order chi connectivity index (χ0) is 15.8. The second-order valence-electron chi connectivity index (χ2n) is 5.45. The molecule has 0 saturated carbocycles. The molecule has 1 aromatic heterocycles. The Labute approximate surface area is 131 Å². The molecule has 0 bridgehead atoms. The fourth-order valence-corrected chi connectivity index (χ4v) is 2.93. The van der Waals surface area contributed by atoms with Gasteiger partial charge in [0.25, 0.3) is 5.91 Å². The first-order chi connectivity index (χ1) is 9.99. The van der Waals surface area contributed by atoms with Crippen molar-refractivity contribution in [2.75, 3.05) is 24.2 Å². The van der Waals surface area contributed by atoms with E-state index in [0.29, 0.717) is 10.7 Å². The van der Waals surface area contributed by atoms with Crippen molar-refractivity contribution in [1.82, 2.24) is 10.3 Å². The van der Waals surface area contributed by atoms with Gasteiger partial charge in [0.15, 0.2) is 5.13 Å². The Hall–Kier alpha value is -1.30. The highest BCUT2D eigenvalue weighted by Crippen LogP contribution is 2.27. The van der Waals surface area contributed by atoms with E-state index in [4.69, 9.17) is 5.73 Å². The lowest BCUT2D eigenvalue weighted by Gasteiger charge is -2.13. The number of hydrogen-bond donors (Lipinski definition) is 2. The Bertz CT molecular complexity index is 447. The van der Waals surface area contributed by atoms with Gasteiger partial charge in [-0.1, -0.05) is 43.9 Å². The molecular formula is C15H28N4OS. The van der Waals surface area contributed by atoms with Gasteiger partial charge < -0.3 is 16.0 Å². The lowest BCUT2D eigenvalue weighted by atomic mass is 10.1. The Morgan fingerprint density at radius 2 is 2.10 bits per heavy atom. The smallest absolute Gasteiger partial charge is 0.265 e. The van der Waals surface area contributed by atoms with Gasteiger partial charge in [0.2, 0.25) is 0 Å². The van der Waals surface area contributed by atoms with E-state index in [1.165, 1.54) is 30.6 Å². The van der Waals surface area contributed by atoms with Crippen molar-refractivity contribution in [3.8, 4) is 0 Å². The number of carbonyl (C=O) groups is 1. The number of nitrogens with zero attached hydrogens (tertiary/aromatic N) is 2. The minimum atomic E-state index is -0.108. The summed E-state index contributed by atoms with van der Waals surface area (Å²) in [4.78, 5) is 19.0. The maximum Gasteiger partial charge on any atom is 0.265 e. The molecule has 1 rings (SSSR count). The molecule has 0 aliphatic heterocycles. The quantitative estimate of drug-likeness (QED) is 0.687. The topological polar surface area (TPSA) is 71.2 Å². The molecule has 0 spiro atoms. The standard InChI is InChI=1S/C15H28N4OS/c1-5-7-8-9-10-11(3)17-14(20)12-13(16)18-15(21-12)19(4)6-2/h11H,5-10,16H2,1-4H3,(H,17,20). The molecule has 1 atom stereocenters. The average molecular weight is 312 g/mol. The largest absolute Gasteiger partial charge is 0.382 e. The molecule has 1 unspecified atom stereocenters. The summed E-state index contributed by atoms with van der Waals surface area (Å²) < 4.78 is 0. The highest BCUT2D eigenvalue weighted by Gasteiger charge is 2.19. The first kappa shape index (κ1) is 17.8. The monoisotopic (exact) mass is 312 g/mol. The SMILES string of the molecule is CCCCCCC(C)NC(=O)c1sc(N(C)CC)nc1N. The lowest BCUT2D eigenvalue weighted by molar-refractivity contribution is 0.0942. The third-order valence-corrected chi connectivity index (χ3v) is 4.70. The summed E-state index contributed by atoms with van der Waals surface area (Å²) in [7, 11) is 1.94. The Morgan fingerprint density at radius 3 is 2.71 bits per heavy atom. The Kier molecular flexibility index (Phi) is 7.50. The zero-order valence-electron chi connectivity index (χ0n) is 13.6. The van der Waals surface area contributed by atoms with Crippen LogP contribution in [0.15, 0.2) is 0 Å². The average Bonchev–Trinajstić information content (AvgIpc) is 2.85. The highest BCUT2D eigenvalue weighted by molar-refractivity contribution is 7.18. The third-order valence-electron chi connectivity index (χ3n) is 3.52. The number of rotatable bonds is 9. The van der Waals surface area contributed by atoms with Crippen molar-refractivity contribution >= 4 is 28.2 Å². The van der Waals surface area contributed by atoms with Gasteiger partial charge in [-0.3, -0.25) is 4.79 Å². The molecule has 6 heteroatoms. The summed E-state index contributed by atoms with van der Waals surface area (Å²) in [6.45, 7) is 7.11. The molecule has 5 nitrogen and oxygen atoms in total. The number of nitrogen functional groups attached to an aromatic ring is 1. The van der Waals surface area contributed by atoms with E-state index in [9.17, 15) is 4.79 Å². The van der Waals surface area contributed by atoms with Crippen molar-refractivity contribution in [2.45, 2.75) is 58.9 Å². The number of anilines is 2. The first-order valence-corrected chi connectivity index (χ1v) is 8.59. The van der Waals surface area contributed by atoms with Crippen LogP contribution in [0.4, 0.5) is 10.9 Å². The number of hydrogen-bond acceptors (Lipinski definition) is 5. The van der Waals surface area contributed by atoms with Crippen LogP contribution in [0.5, 0.6) is 0 Å². The Morgan fingerprint density at radius 1 is 1.38 bits per heavy atom. The number of carbonyl (C=O) groups excluding carboxylic acids is 1. The number of amides is 1. The predicted molar refractivity (Wildman–Crippen MR) is 91.2 cm³/mol. The van der Waals surface area contributed by atoms with Crippen LogP contribution in [0, 0.1) is 0 Å². The lowest BCUT2D eigenvalue weighted by Crippen LogP contribution is -2.32. The van der Waals surface area contributed by atoms with E-state index >= 15 is 0 Å². The van der Waals surface area contributed by atoms with Gasteiger partial charge in [-0.05, 0) is 20.3 Å². The van der Waals surface area contributed by atoms with Gasteiger partial charge in [-0.15, -0.1) is 0 Å². The summed E-state index contributed by atoms with van der Waals surface area (Å²) >= 11 is 1.35. The molecule has 0 fully saturated rings. The summed E-state index contributed by atoms with van der Waals surface area (Å²) in [5, 5.41) is 3.80. The minimum Gasteiger partial charge on any atom is -0.382 e. The third kappa shape index (κ3) is 5.53. The Balaban J connectivity index is 2.53.